The van der Waals surface area contributed by atoms with Crippen molar-refractivity contribution in [3.63, 3.8) is 0 Å². The number of aromatic nitrogens is 2. The van der Waals surface area contributed by atoms with E-state index >= 15 is 0 Å². The highest BCUT2D eigenvalue weighted by molar-refractivity contribution is 5.73. The largest absolute Gasteiger partial charge is 0.493 e. The number of ether oxygens (including phenoxy) is 2. The highest BCUT2D eigenvalue weighted by atomic mass is 16.5. The Hall–Kier alpha value is -2.73. The number of nitrogens with two attached hydrogens (primary N) is 1. The molecule has 3 rings (SSSR count). The van der Waals surface area contributed by atoms with Crippen molar-refractivity contribution in [3.8, 4) is 11.5 Å². The average Bonchev–Trinajstić information content (AvgIpc) is 2.98. The van der Waals surface area contributed by atoms with Crippen LogP contribution in [0.5, 0.6) is 11.5 Å². The summed E-state index contributed by atoms with van der Waals surface area (Å²) < 4.78 is 15.2. The van der Waals surface area contributed by atoms with Gasteiger partial charge in [0, 0.05) is 0 Å². The second-order valence-corrected chi connectivity index (χ2v) is 6.93. The third kappa shape index (κ3) is 4.39. The van der Waals surface area contributed by atoms with Crippen LogP contribution in [0, 0.1) is 0 Å². The highest BCUT2D eigenvalue weighted by Crippen LogP contribution is 2.26. The van der Waals surface area contributed by atoms with Gasteiger partial charge in [-0.25, -0.2) is 9.13 Å². The van der Waals surface area contributed by atoms with E-state index in [0.29, 0.717) is 24.0 Å². The Kier molecular flexibility index (Phi) is 6.76. The van der Waals surface area contributed by atoms with Crippen molar-refractivity contribution in [1.82, 2.24) is 4.57 Å². The SMILES string of the molecule is CCCCCn1c(N)[n+](C[C@@H](O)COc2ccccc2OC)c2ccccc21. The Morgan fingerprint density at radius 2 is 1.79 bits per heavy atom. The van der Waals surface area contributed by atoms with Gasteiger partial charge in [0.25, 0.3) is 0 Å². The molecule has 2 aromatic carbocycles. The summed E-state index contributed by atoms with van der Waals surface area (Å²) >= 11 is 0. The zero-order valence-corrected chi connectivity index (χ0v) is 16.7. The quantitative estimate of drug-likeness (QED) is 0.416. The average molecular weight is 385 g/mol. The number of rotatable bonds is 10. The molecule has 0 fully saturated rings. The zero-order chi connectivity index (χ0) is 19.9. The number of unbranched alkanes of at least 4 members (excludes halogenated alkanes) is 2. The number of aryl methyl sites for hydroxylation is 1. The minimum Gasteiger partial charge on any atom is -0.493 e. The fourth-order valence-corrected chi connectivity index (χ4v) is 3.45. The summed E-state index contributed by atoms with van der Waals surface area (Å²) in [7, 11) is 1.60. The second-order valence-electron chi connectivity index (χ2n) is 6.93. The summed E-state index contributed by atoms with van der Waals surface area (Å²) in [6, 6.07) is 15.5. The van der Waals surface area contributed by atoms with E-state index in [1.54, 1.807) is 7.11 Å². The van der Waals surface area contributed by atoms with Crippen molar-refractivity contribution in [2.75, 3.05) is 19.5 Å². The molecule has 28 heavy (non-hydrogen) atoms. The van der Waals surface area contributed by atoms with Crippen LogP contribution < -0.4 is 19.8 Å². The van der Waals surface area contributed by atoms with Crippen molar-refractivity contribution in [1.29, 1.82) is 0 Å². The molecule has 3 N–H and O–H groups in total. The van der Waals surface area contributed by atoms with E-state index in [4.69, 9.17) is 15.2 Å². The summed E-state index contributed by atoms with van der Waals surface area (Å²) in [5, 5.41) is 10.6. The molecule has 1 aromatic heterocycles. The van der Waals surface area contributed by atoms with Crippen LogP contribution in [0.4, 0.5) is 5.95 Å². The number of aliphatic hydroxyl groups is 1. The third-order valence-electron chi connectivity index (χ3n) is 4.90. The van der Waals surface area contributed by atoms with E-state index in [-0.39, 0.29) is 6.61 Å². The first-order valence-electron chi connectivity index (χ1n) is 9.86. The van der Waals surface area contributed by atoms with Gasteiger partial charge in [-0.15, -0.1) is 0 Å². The molecule has 0 saturated carbocycles. The van der Waals surface area contributed by atoms with Crippen LogP contribution in [-0.2, 0) is 13.1 Å². The molecule has 1 heterocycles. The van der Waals surface area contributed by atoms with Gasteiger partial charge < -0.3 is 14.6 Å². The minimum atomic E-state index is -0.702. The van der Waals surface area contributed by atoms with Gasteiger partial charge in [0.2, 0.25) is 0 Å². The van der Waals surface area contributed by atoms with Crippen molar-refractivity contribution in [2.24, 2.45) is 0 Å². The number of anilines is 1. The van der Waals surface area contributed by atoms with Crippen molar-refractivity contribution in [2.45, 2.75) is 45.4 Å². The minimum absolute atomic E-state index is 0.155. The molecule has 6 heteroatoms. The molecule has 0 radical (unpaired) electrons. The molecule has 0 aliphatic rings. The number of aliphatic hydroxyl groups excluding tert-OH is 1. The van der Waals surface area contributed by atoms with Crippen molar-refractivity contribution in [3.05, 3.63) is 48.5 Å². The molecule has 0 aliphatic carbocycles. The highest BCUT2D eigenvalue weighted by Gasteiger charge is 2.23. The van der Waals surface area contributed by atoms with E-state index in [2.05, 4.69) is 17.6 Å². The molecule has 0 saturated heterocycles. The monoisotopic (exact) mass is 384 g/mol. The Morgan fingerprint density at radius 1 is 1.07 bits per heavy atom. The predicted octanol–water partition coefficient (Wildman–Crippen LogP) is 3.15. The van der Waals surface area contributed by atoms with E-state index in [1.807, 2.05) is 47.0 Å². The smallest absolute Gasteiger partial charge is 0.356 e. The van der Waals surface area contributed by atoms with E-state index in [9.17, 15) is 5.11 Å². The molecular formula is C22H30N3O3+. The van der Waals surface area contributed by atoms with Crippen LogP contribution >= 0.6 is 0 Å². The van der Waals surface area contributed by atoms with Crippen molar-refractivity contribution < 1.29 is 19.1 Å². The van der Waals surface area contributed by atoms with Crippen LogP contribution in [0.2, 0.25) is 0 Å². The van der Waals surface area contributed by atoms with Crippen LogP contribution in [0.25, 0.3) is 11.0 Å². The van der Waals surface area contributed by atoms with Gasteiger partial charge in [-0.1, -0.05) is 44.0 Å². The maximum Gasteiger partial charge on any atom is 0.356 e. The number of hydrogen-bond acceptors (Lipinski definition) is 4. The number of hydrogen-bond donors (Lipinski definition) is 2. The summed E-state index contributed by atoms with van der Waals surface area (Å²) in [5.41, 5.74) is 8.57. The molecule has 0 unspecified atom stereocenters. The van der Waals surface area contributed by atoms with E-state index in [1.165, 1.54) is 6.42 Å². The zero-order valence-electron chi connectivity index (χ0n) is 16.7. The fourth-order valence-electron chi connectivity index (χ4n) is 3.45. The number of para-hydroxylation sites is 4. The van der Waals surface area contributed by atoms with E-state index in [0.717, 1.165) is 30.4 Å². The lowest BCUT2D eigenvalue weighted by Gasteiger charge is -2.14. The van der Waals surface area contributed by atoms with Gasteiger partial charge in [-0.05, 0) is 30.7 Å². The first kappa shape index (κ1) is 20.0. The summed E-state index contributed by atoms with van der Waals surface area (Å²) in [6.07, 6.45) is 2.71. The van der Waals surface area contributed by atoms with Gasteiger partial charge >= 0.3 is 5.95 Å². The number of nitrogens with zero attached hydrogens (tertiary/aromatic N) is 2. The number of fused-ring (bicyclic) bond motifs is 1. The van der Waals surface area contributed by atoms with Gasteiger partial charge in [0.15, 0.2) is 11.5 Å². The Bertz CT molecular complexity index is 907. The fraction of sp³-hybridized carbons (Fsp3) is 0.409. The van der Waals surface area contributed by atoms with Crippen LogP contribution in [-0.4, -0.2) is 29.5 Å². The normalized spacial score (nSPS) is 12.2. The number of benzene rings is 2. The van der Waals surface area contributed by atoms with Gasteiger partial charge in [0.05, 0.1) is 13.7 Å². The number of methoxy groups -OCH3 is 1. The number of imidazole rings is 1. The van der Waals surface area contributed by atoms with Crippen LogP contribution in [0.15, 0.2) is 48.5 Å². The van der Waals surface area contributed by atoms with Crippen LogP contribution in [0.1, 0.15) is 26.2 Å². The molecule has 0 amide bonds. The lowest BCUT2D eigenvalue weighted by Crippen LogP contribution is -2.43. The molecule has 0 aliphatic heterocycles. The van der Waals surface area contributed by atoms with Gasteiger partial charge in [-0.3, -0.25) is 5.73 Å². The Balaban J connectivity index is 1.75. The third-order valence-corrected chi connectivity index (χ3v) is 4.90. The molecule has 150 valence electrons. The molecule has 0 bridgehead atoms. The maximum atomic E-state index is 10.6. The maximum absolute atomic E-state index is 10.6. The first-order chi connectivity index (χ1) is 13.7. The topological polar surface area (TPSA) is 73.5 Å². The van der Waals surface area contributed by atoms with Gasteiger partial charge in [-0.2, -0.15) is 0 Å². The molecule has 0 spiro atoms. The lowest BCUT2D eigenvalue weighted by atomic mass is 10.2. The predicted molar refractivity (Wildman–Crippen MR) is 111 cm³/mol. The first-order valence-corrected chi connectivity index (χ1v) is 9.86. The summed E-state index contributed by atoms with van der Waals surface area (Å²) in [4.78, 5) is 0. The number of nitrogen functional groups attached to an aromatic ring is 1. The van der Waals surface area contributed by atoms with E-state index < -0.39 is 6.10 Å². The lowest BCUT2D eigenvalue weighted by molar-refractivity contribution is -0.665. The summed E-state index contributed by atoms with van der Waals surface area (Å²) in [6.45, 7) is 3.58. The Labute approximate surface area is 166 Å². The molecule has 6 nitrogen and oxygen atoms in total. The van der Waals surface area contributed by atoms with Crippen LogP contribution in [0.3, 0.4) is 0 Å². The second kappa shape index (κ2) is 9.46. The molecular weight excluding hydrogens is 354 g/mol. The molecule has 1 atom stereocenters. The van der Waals surface area contributed by atoms with Gasteiger partial charge in [0.1, 0.15) is 30.3 Å². The Morgan fingerprint density at radius 3 is 2.54 bits per heavy atom. The standard InChI is InChI=1S/C22H29N3O3/c1-3-4-9-14-24-18-10-5-6-11-19(18)25(22(24)23)15-17(26)16-28-21-13-8-7-12-20(21)27-2/h5-8,10-13,17,23,26H,3-4,9,14-16H2,1-2H3/p+1/t17-/m1/s1. The summed E-state index contributed by atoms with van der Waals surface area (Å²) in [5.74, 6) is 1.92. The molecule has 3 aromatic rings. The van der Waals surface area contributed by atoms with Crippen molar-refractivity contribution >= 4 is 17.0 Å².